The van der Waals surface area contributed by atoms with Crippen LogP contribution in [0.2, 0.25) is 0 Å². The average Bonchev–Trinajstić information content (AvgIpc) is 3.29. The second-order valence-electron chi connectivity index (χ2n) is 6.12. The lowest BCUT2D eigenvalue weighted by Crippen LogP contribution is -2.32. The quantitative estimate of drug-likeness (QED) is 0.858. The Bertz CT molecular complexity index is 436. The van der Waals surface area contributed by atoms with Crippen molar-refractivity contribution < 1.29 is 4.74 Å². The monoisotopic (exact) mass is 243 g/mol. The molecule has 2 saturated carbocycles. The van der Waals surface area contributed by atoms with E-state index in [1.54, 1.807) is 0 Å². The minimum atomic E-state index is 0.800. The van der Waals surface area contributed by atoms with E-state index < -0.39 is 0 Å². The number of nitrogens with one attached hydrogen (secondary N) is 1. The van der Waals surface area contributed by atoms with Crippen molar-refractivity contribution in [2.45, 2.75) is 44.7 Å². The third kappa shape index (κ3) is 2.14. The van der Waals surface area contributed by atoms with Gasteiger partial charge in [0.25, 0.3) is 0 Å². The maximum absolute atomic E-state index is 5.56. The summed E-state index contributed by atoms with van der Waals surface area (Å²) in [6.07, 6.45) is 6.88. The molecule has 2 fully saturated rings. The molecule has 0 saturated heterocycles. The Morgan fingerprint density at radius 2 is 1.94 bits per heavy atom. The van der Waals surface area contributed by atoms with Crippen molar-refractivity contribution in [3.63, 3.8) is 0 Å². The van der Waals surface area contributed by atoms with Crippen LogP contribution in [0.15, 0.2) is 18.2 Å². The first-order chi connectivity index (χ1) is 8.90. The fourth-order valence-electron chi connectivity index (χ4n) is 3.21. The number of hydrogen-bond acceptors (Lipinski definition) is 2. The van der Waals surface area contributed by atoms with Crippen LogP contribution in [0.5, 0.6) is 5.75 Å². The molecule has 0 unspecified atom stereocenters. The van der Waals surface area contributed by atoms with E-state index in [2.05, 4.69) is 23.5 Å². The second kappa shape index (κ2) is 4.27. The van der Waals surface area contributed by atoms with E-state index >= 15 is 0 Å². The van der Waals surface area contributed by atoms with E-state index in [4.69, 9.17) is 4.74 Å². The third-order valence-electron chi connectivity index (χ3n) is 4.56. The molecule has 1 aromatic carbocycles. The Morgan fingerprint density at radius 1 is 1.17 bits per heavy atom. The van der Waals surface area contributed by atoms with E-state index in [0.717, 1.165) is 43.2 Å². The first-order valence-corrected chi connectivity index (χ1v) is 7.38. The van der Waals surface area contributed by atoms with E-state index in [0.29, 0.717) is 0 Å². The van der Waals surface area contributed by atoms with Gasteiger partial charge >= 0.3 is 0 Å². The van der Waals surface area contributed by atoms with Gasteiger partial charge in [-0.3, -0.25) is 0 Å². The first kappa shape index (κ1) is 10.9. The molecule has 0 radical (unpaired) electrons. The Hall–Kier alpha value is -1.02. The van der Waals surface area contributed by atoms with Gasteiger partial charge in [0.15, 0.2) is 0 Å². The number of hydrogen-bond donors (Lipinski definition) is 1. The zero-order valence-corrected chi connectivity index (χ0v) is 10.8. The van der Waals surface area contributed by atoms with Crippen molar-refractivity contribution in [3.8, 4) is 5.75 Å². The normalized spacial score (nSPS) is 22.1. The van der Waals surface area contributed by atoms with E-state index in [9.17, 15) is 0 Å². The summed E-state index contributed by atoms with van der Waals surface area (Å²) in [5, 5.41) is 3.81. The van der Waals surface area contributed by atoms with Gasteiger partial charge in [-0.15, -0.1) is 0 Å². The smallest absolute Gasteiger partial charge is 0.122 e. The standard InChI is InChI=1S/C16H21NO/c1-6-15-14(7-8-18-15)9-11(1)10-17-16(12-2-3-12)13-4-5-13/h1,6,9,12-13,16-17H,2-5,7-8,10H2. The summed E-state index contributed by atoms with van der Waals surface area (Å²) in [6, 6.07) is 7.48. The minimum Gasteiger partial charge on any atom is -0.493 e. The van der Waals surface area contributed by atoms with Gasteiger partial charge in [0.1, 0.15) is 5.75 Å². The highest BCUT2D eigenvalue weighted by Gasteiger charge is 2.40. The summed E-state index contributed by atoms with van der Waals surface area (Å²) in [5.41, 5.74) is 2.81. The lowest BCUT2D eigenvalue weighted by atomic mass is 10.1. The third-order valence-corrected chi connectivity index (χ3v) is 4.56. The highest BCUT2D eigenvalue weighted by atomic mass is 16.5. The molecule has 1 N–H and O–H groups in total. The van der Waals surface area contributed by atoms with Gasteiger partial charge in [0.05, 0.1) is 6.61 Å². The summed E-state index contributed by atoms with van der Waals surface area (Å²) in [4.78, 5) is 0. The van der Waals surface area contributed by atoms with Gasteiger partial charge in [-0.25, -0.2) is 0 Å². The topological polar surface area (TPSA) is 21.3 Å². The van der Waals surface area contributed by atoms with Crippen LogP contribution < -0.4 is 10.1 Å². The van der Waals surface area contributed by atoms with Crippen molar-refractivity contribution in [2.24, 2.45) is 11.8 Å². The lowest BCUT2D eigenvalue weighted by Gasteiger charge is -2.17. The largest absolute Gasteiger partial charge is 0.493 e. The first-order valence-electron chi connectivity index (χ1n) is 7.38. The van der Waals surface area contributed by atoms with Crippen LogP contribution in [0.1, 0.15) is 36.8 Å². The van der Waals surface area contributed by atoms with Crippen LogP contribution in [0, 0.1) is 11.8 Å². The Labute approximate surface area is 109 Å². The summed E-state index contributed by atoms with van der Waals surface area (Å²) < 4.78 is 5.56. The molecule has 0 amide bonds. The van der Waals surface area contributed by atoms with E-state index in [1.807, 2.05) is 0 Å². The number of fused-ring (bicyclic) bond motifs is 1. The van der Waals surface area contributed by atoms with Crippen LogP contribution in [0.4, 0.5) is 0 Å². The van der Waals surface area contributed by atoms with Crippen molar-refractivity contribution in [1.82, 2.24) is 5.32 Å². The molecule has 1 heterocycles. The highest BCUT2D eigenvalue weighted by Crippen LogP contribution is 2.44. The lowest BCUT2D eigenvalue weighted by molar-refractivity contribution is 0.356. The fourth-order valence-corrected chi connectivity index (χ4v) is 3.21. The Kier molecular flexibility index (Phi) is 2.58. The van der Waals surface area contributed by atoms with Crippen molar-refractivity contribution in [2.75, 3.05) is 6.61 Å². The molecule has 2 nitrogen and oxygen atoms in total. The molecule has 2 aliphatic carbocycles. The minimum absolute atomic E-state index is 0.800. The van der Waals surface area contributed by atoms with Crippen molar-refractivity contribution in [1.29, 1.82) is 0 Å². The van der Waals surface area contributed by atoms with Crippen LogP contribution in [-0.2, 0) is 13.0 Å². The van der Waals surface area contributed by atoms with Crippen LogP contribution in [0.3, 0.4) is 0 Å². The molecule has 96 valence electrons. The molecule has 0 spiro atoms. The summed E-state index contributed by atoms with van der Waals surface area (Å²) >= 11 is 0. The predicted octanol–water partition coefficient (Wildman–Crippen LogP) is 2.90. The molecule has 18 heavy (non-hydrogen) atoms. The van der Waals surface area contributed by atoms with Gasteiger partial charge in [-0.1, -0.05) is 12.1 Å². The molecule has 0 atom stereocenters. The number of rotatable bonds is 5. The Morgan fingerprint density at radius 3 is 2.67 bits per heavy atom. The maximum Gasteiger partial charge on any atom is 0.122 e. The van der Waals surface area contributed by atoms with Crippen molar-refractivity contribution in [3.05, 3.63) is 29.3 Å². The number of benzene rings is 1. The van der Waals surface area contributed by atoms with E-state index in [-0.39, 0.29) is 0 Å². The number of ether oxygens (including phenoxy) is 1. The fraction of sp³-hybridized carbons (Fsp3) is 0.625. The molecule has 4 rings (SSSR count). The molecule has 1 aliphatic heterocycles. The molecule has 3 aliphatic rings. The summed E-state index contributed by atoms with van der Waals surface area (Å²) in [5.74, 6) is 3.06. The molecular formula is C16H21NO. The molecule has 0 aromatic heterocycles. The molecule has 0 bridgehead atoms. The second-order valence-corrected chi connectivity index (χ2v) is 6.12. The van der Waals surface area contributed by atoms with Gasteiger partial charge in [-0.05, 0) is 54.7 Å². The molecule has 2 heteroatoms. The zero-order chi connectivity index (χ0) is 11.9. The average molecular weight is 243 g/mol. The zero-order valence-electron chi connectivity index (χ0n) is 10.8. The predicted molar refractivity (Wildman–Crippen MR) is 71.7 cm³/mol. The summed E-state index contributed by atoms with van der Waals surface area (Å²) in [6.45, 7) is 1.89. The van der Waals surface area contributed by atoms with Crippen LogP contribution >= 0.6 is 0 Å². The van der Waals surface area contributed by atoms with Gasteiger partial charge < -0.3 is 10.1 Å². The highest BCUT2D eigenvalue weighted by molar-refractivity contribution is 5.39. The SMILES string of the molecule is c1cc2c(cc1CNC(C1CC1)C1CC1)CCO2. The summed E-state index contributed by atoms with van der Waals surface area (Å²) in [7, 11) is 0. The molecular weight excluding hydrogens is 222 g/mol. The van der Waals surface area contributed by atoms with Gasteiger partial charge in [-0.2, -0.15) is 0 Å². The Balaban J connectivity index is 1.41. The maximum atomic E-state index is 5.56. The van der Waals surface area contributed by atoms with Crippen molar-refractivity contribution >= 4 is 0 Å². The van der Waals surface area contributed by atoms with Crippen LogP contribution in [-0.4, -0.2) is 12.6 Å². The van der Waals surface area contributed by atoms with Gasteiger partial charge in [0, 0.05) is 19.0 Å². The molecule has 1 aromatic rings. The van der Waals surface area contributed by atoms with Gasteiger partial charge in [0.2, 0.25) is 0 Å². The van der Waals surface area contributed by atoms with E-state index in [1.165, 1.54) is 36.8 Å². The van der Waals surface area contributed by atoms with Crippen LogP contribution in [0.25, 0.3) is 0 Å².